The largest absolute Gasteiger partial charge is 0.508 e. The quantitative estimate of drug-likeness (QED) is 0.0667. The average molecular weight is 1180 g/mol. The zero-order chi connectivity index (χ0) is 59.2. The number of aliphatic hydroxyl groups excluding tert-OH is 1. The number of pyridine rings is 1. The van der Waals surface area contributed by atoms with E-state index in [2.05, 4.69) is 30.6 Å². The number of ether oxygens (including phenoxy) is 3. The number of likely N-dealkylation sites (tertiary alicyclic amines) is 3. The van der Waals surface area contributed by atoms with E-state index >= 15 is 4.39 Å². The number of piperazine rings is 1. The average Bonchev–Trinajstić information content (AvgIpc) is 3.00. The lowest BCUT2D eigenvalue weighted by Gasteiger charge is -2.34. The lowest BCUT2D eigenvalue weighted by molar-refractivity contribution is -0.141. The number of aryl methyl sites for hydroxylation is 2. The number of rotatable bonds is 17. The van der Waals surface area contributed by atoms with Crippen LogP contribution in [0.25, 0.3) is 43.4 Å². The van der Waals surface area contributed by atoms with Crippen molar-refractivity contribution in [3.05, 3.63) is 101 Å². The predicted octanol–water partition coefficient (Wildman–Crippen LogP) is 8.71. The summed E-state index contributed by atoms with van der Waals surface area (Å²) in [6, 6.07) is 18.0. The van der Waals surface area contributed by atoms with Crippen molar-refractivity contribution in [3.63, 3.8) is 0 Å². The molecule has 20 nitrogen and oxygen atoms in total. The Labute approximate surface area is 497 Å². The van der Waals surface area contributed by atoms with E-state index in [-0.39, 0.29) is 97.0 Å². The molecular weight excluding hydrogens is 1110 g/mol. The third-order valence-corrected chi connectivity index (χ3v) is 19.0. The van der Waals surface area contributed by atoms with Crippen molar-refractivity contribution in [2.24, 2.45) is 5.92 Å². The highest BCUT2D eigenvalue weighted by Gasteiger charge is 2.44. The molecule has 5 fully saturated rings. The van der Waals surface area contributed by atoms with Crippen LogP contribution in [0.5, 0.6) is 17.6 Å². The summed E-state index contributed by atoms with van der Waals surface area (Å²) < 4.78 is 41.6. The molecule has 8 atom stereocenters. The molecule has 2 bridgehead atoms. The van der Waals surface area contributed by atoms with E-state index < -0.39 is 30.0 Å². The maximum Gasteiger partial charge on any atom is 0.409 e. The van der Waals surface area contributed by atoms with Crippen molar-refractivity contribution in [2.45, 2.75) is 140 Å². The molecule has 0 spiro atoms. The molecule has 4 aromatic heterocycles. The van der Waals surface area contributed by atoms with Gasteiger partial charge in [0.2, 0.25) is 11.8 Å². The molecule has 12 rings (SSSR count). The summed E-state index contributed by atoms with van der Waals surface area (Å²) in [6.45, 7) is 12.4. The van der Waals surface area contributed by atoms with Gasteiger partial charge in [-0.3, -0.25) is 19.5 Å². The summed E-state index contributed by atoms with van der Waals surface area (Å²) >= 11 is 1.58. The molecule has 0 unspecified atom stereocenters. The van der Waals surface area contributed by atoms with Crippen molar-refractivity contribution in [3.8, 4) is 39.3 Å². The Kier molecular flexibility index (Phi) is 16.6. The van der Waals surface area contributed by atoms with Gasteiger partial charge in [-0.05, 0) is 104 Å². The fraction of sp³-hybridized carbons (Fsp3) is 0.492. The number of halogens is 1. The van der Waals surface area contributed by atoms with E-state index in [0.29, 0.717) is 80.1 Å². The summed E-state index contributed by atoms with van der Waals surface area (Å²) in [6.07, 6.45) is 5.62. The topological polar surface area (TPSA) is 234 Å². The number of anilines is 1. The third-order valence-electron chi connectivity index (χ3n) is 18.0. The number of phenolic OH excluding ortho intramolecular Hbond substituents is 1. The highest BCUT2D eigenvalue weighted by Crippen LogP contribution is 2.40. The van der Waals surface area contributed by atoms with E-state index in [4.69, 9.17) is 33.7 Å². The van der Waals surface area contributed by atoms with Gasteiger partial charge in [-0.1, -0.05) is 63.2 Å². The van der Waals surface area contributed by atoms with Gasteiger partial charge in [0.25, 0.3) is 5.88 Å². The summed E-state index contributed by atoms with van der Waals surface area (Å²) in [4.78, 5) is 69.0. The number of piperidine rings is 1. The molecule has 5 saturated heterocycles. The van der Waals surface area contributed by atoms with Gasteiger partial charge in [-0.25, -0.2) is 14.2 Å². The van der Waals surface area contributed by atoms with Gasteiger partial charge in [0.05, 0.1) is 33.6 Å². The van der Waals surface area contributed by atoms with Crippen molar-refractivity contribution in [1.82, 2.24) is 50.4 Å². The Hall–Kier alpha value is -7.53. The van der Waals surface area contributed by atoms with Crippen molar-refractivity contribution >= 4 is 56.7 Å². The van der Waals surface area contributed by atoms with Crippen molar-refractivity contribution in [2.75, 3.05) is 57.9 Å². The Bertz CT molecular complexity index is 3580. The molecule has 22 heteroatoms. The minimum absolute atomic E-state index is 0.0111. The van der Waals surface area contributed by atoms with Crippen LogP contribution in [-0.2, 0) is 20.7 Å². The second kappa shape index (κ2) is 24.4. The summed E-state index contributed by atoms with van der Waals surface area (Å²) in [7, 11) is 1.99. The SMILES string of the molecule is CCc1cccc2cc(O)cc(-c3ncc4c(N5C[C@H]6CC[C@@H](C5)N6)nc(OC[C@@H]5CC[C@@H](COC(=O)N6CCC(Oc7cc([C@H](C(=O)N8C[C@H](O)C[C@H]8C(=O)N[C@@H](C)c8ccc(-c9scnc9C)cc8)C(C)C)on7)CC6)N5C)nc4c3F)c12. The lowest BCUT2D eigenvalue weighted by atomic mass is 9.91. The number of aliphatic hydroxyl groups is 1. The minimum Gasteiger partial charge on any atom is -0.508 e. The van der Waals surface area contributed by atoms with E-state index in [1.165, 1.54) is 4.90 Å². The molecule has 5 aliphatic rings. The molecule has 0 radical (unpaired) electrons. The zero-order valence-corrected chi connectivity index (χ0v) is 49.7. The number of hydrogen-bond donors (Lipinski definition) is 4. The molecule has 3 aromatic carbocycles. The Morgan fingerprint density at radius 3 is 2.40 bits per heavy atom. The van der Waals surface area contributed by atoms with E-state index in [1.807, 2.05) is 89.6 Å². The van der Waals surface area contributed by atoms with Crippen LogP contribution in [0, 0.1) is 18.7 Å². The van der Waals surface area contributed by atoms with Gasteiger partial charge < -0.3 is 54.3 Å². The first-order valence-corrected chi connectivity index (χ1v) is 30.8. The van der Waals surface area contributed by atoms with Crippen molar-refractivity contribution in [1.29, 1.82) is 0 Å². The van der Waals surface area contributed by atoms with E-state index in [0.717, 1.165) is 63.7 Å². The molecule has 4 N–H and O–H groups in total. The number of benzene rings is 3. The van der Waals surface area contributed by atoms with E-state index in [1.54, 1.807) is 40.6 Å². The number of carbonyl (C=O) groups is 3. The number of hydrogen-bond acceptors (Lipinski definition) is 18. The van der Waals surface area contributed by atoms with Crippen LogP contribution in [0.2, 0.25) is 0 Å². The second-order valence-corrected chi connectivity index (χ2v) is 24.8. The first kappa shape index (κ1) is 57.9. The Morgan fingerprint density at radius 2 is 1.68 bits per heavy atom. The van der Waals surface area contributed by atoms with Crippen molar-refractivity contribution < 1.29 is 47.7 Å². The predicted molar refractivity (Wildman–Crippen MR) is 319 cm³/mol. The van der Waals surface area contributed by atoms with Crippen LogP contribution in [0.3, 0.4) is 0 Å². The summed E-state index contributed by atoms with van der Waals surface area (Å²) in [5.41, 5.74) is 6.44. The van der Waals surface area contributed by atoms with Gasteiger partial charge in [0.1, 0.15) is 54.1 Å². The summed E-state index contributed by atoms with van der Waals surface area (Å²) in [5, 5.41) is 34.6. The first-order chi connectivity index (χ1) is 41.1. The monoisotopic (exact) mass is 1180 g/mol. The van der Waals surface area contributed by atoms with Crippen LogP contribution in [-0.4, -0.2) is 163 Å². The first-order valence-electron chi connectivity index (χ1n) is 29.9. The Balaban J connectivity index is 0.636. The highest BCUT2D eigenvalue weighted by molar-refractivity contribution is 7.13. The minimum atomic E-state index is -0.875. The van der Waals surface area contributed by atoms with Gasteiger partial charge in [-0.2, -0.15) is 9.97 Å². The normalized spacial score (nSPS) is 22.6. The Morgan fingerprint density at radius 1 is 0.929 bits per heavy atom. The molecule has 3 amide bonds. The maximum atomic E-state index is 17.2. The highest BCUT2D eigenvalue weighted by atomic mass is 32.1. The lowest BCUT2D eigenvalue weighted by Crippen LogP contribution is -2.51. The fourth-order valence-corrected chi connectivity index (χ4v) is 14.1. The standard InChI is InChI=1S/C63H74FN11O9S/c1-7-37-9-8-10-40-23-45(76)24-48(54(37)40)56-55(64)57-49(27-65-56)59(74-28-41-15-16-42(29-74)68-41)70-62(69-57)81-31-43-17-18-44(72(43)6)32-82-63(80)73-21-19-47(20-22-73)83-52-26-51(84-71-52)53(34(2)3)61(79)75-30-46(77)25-50(75)60(78)67-35(4)38-11-13-39(14-12-38)58-36(5)66-33-85-58/h8-14,23-24,26-27,33-35,41-44,46-47,50,53,68,76-77H,7,15-22,25,28-32H2,1-6H3,(H,67,78)/t35-,41-,42+,43-,44-,46+,50-,53+/m0/s1. The third kappa shape index (κ3) is 11.9. The molecule has 85 heavy (non-hydrogen) atoms. The number of nitrogens with one attached hydrogen (secondary N) is 2. The zero-order valence-electron chi connectivity index (χ0n) is 48.9. The molecule has 448 valence electrons. The van der Waals surface area contributed by atoms with Gasteiger partial charge in [-0.15, -0.1) is 11.3 Å². The van der Waals surface area contributed by atoms with Gasteiger partial charge >= 0.3 is 12.1 Å². The van der Waals surface area contributed by atoms with Crippen LogP contribution >= 0.6 is 11.3 Å². The van der Waals surface area contributed by atoms with E-state index in [9.17, 15) is 24.6 Å². The molecule has 0 aliphatic carbocycles. The number of amides is 3. The molecule has 7 aromatic rings. The smallest absolute Gasteiger partial charge is 0.409 e. The number of likely N-dealkylation sites (N-methyl/N-ethyl adjacent to an activating group) is 1. The number of carbonyl (C=O) groups excluding carboxylic acids is 3. The van der Waals surface area contributed by atoms with Crippen LogP contribution < -0.4 is 25.0 Å². The number of β-amino-alcohol motifs (C(OH)–C–C–N with tert-alkyl or cyclic N) is 1. The van der Waals surface area contributed by atoms with Crippen LogP contribution in [0.1, 0.15) is 107 Å². The number of aromatic nitrogens is 5. The van der Waals surface area contributed by atoms with Gasteiger partial charge in [0, 0.05) is 94.0 Å². The van der Waals surface area contributed by atoms with Gasteiger partial charge in [0.15, 0.2) is 11.6 Å². The number of thiazole rings is 1. The summed E-state index contributed by atoms with van der Waals surface area (Å²) in [5.74, 6) is -1.21. The molecule has 5 aliphatic heterocycles. The number of nitrogens with zero attached hydrogens (tertiary/aromatic N) is 9. The molecule has 0 saturated carbocycles. The fourth-order valence-electron chi connectivity index (χ4n) is 13.3. The molecular formula is C63H74FN11O9S. The second-order valence-electron chi connectivity index (χ2n) is 24.0. The number of fused-ring (bicyclic) bond motifs is 4. The maximum absolute atomic E-state index is 17.2. The molecule has 9 heterocycles. The number of aromatic hydroxyl groups is 1. The number of phenols is 1. The van der Waals surface area contributed by atoms with Crippen LogP contribution in [0.4, 0.5) is 15.0 Å². The van der Waals surface area contributed by atoms with Crippen LogP contribution in [0.15, 0.2) is 76.9 Å².